The summed E-state index contributed by atoms with van der Waals surface area (Å²) in [5.41, 5.74) is 2.21. The van der Waals surface area contributed by atoms with Gasteiger partial charge in [-0.25, -0.2) is 0 Å². The second-order valence-corrected chi connectivity index (χ2v) is 7.00. The lowest BCUT2D eigenvalue weighted by Crippen LogP contribution is -2.09. The molecule has 118 valence electrons. The van der Waals surface area contributed by atoms with Crippen molar-refractivity contribution < 1.29 is 12.6 Å². The Hall–Kier alpha value is -1.81. The molecule has 0 radical (unpaired) electrons. The maximum atomic E-state index is 12.2. The van der Waals surface area contributed by atoms with Gasteiger partial charge in [-0.2, -0.15) is 8.42 Å². The normalized spacial score (nSPS) is 11.4. The average Bonchev–Trinajstić information content (AvgIpc) is 2.49. The van der Waals surface area contributed by atoms with Gasteiger partial charge in [-0.15, -0.1) is 0 Å². The highest BCUT2D eigenvalue weighted by Gasteiger charge is 2.16. The molecule has 0 amide bonds. The Kier molecular flexibility index (Phi) is 5.61. The van der Waals surface area contributed by atoms with Crippen molar-refractivity contribution >= 4 is 10.1 Å². The summed E-state index contributed by atoms with van der Waals surface area (Å²) < 4.78 is 29.6. The van der Waals surface area contributed by atoms with E-state index in [1.54, 1.807) is 36.4 Å². The van der Waals surface area contributed by atoms with Crippen LogP contribution in [-0.4, -0.2) is 8.42 Å². The van der Waals surface area contributed by atoms with Crippen LogP contribution in [0.1, 0.15) is 37.3 Å². The molecule has 2 rings (SSSR count). The molecule has 0 saturated heterocycles. The van der Waals surface area contributed by atoms with Crippen LogP contribution in [0.2, 0.25) is 0 Å². The second-order valence-electron chi connectivity index (χ2n) is 5.45. The van der Waals surface area contributed by atoms with Crippen molar-refractivity contribution in [2.24, 2.45) is 0 Å². The second kappa shape index (κ2) is 7.45. The van der Waals surface area contributed by atoms with Gasteiger partial charge in [0.05, 0.1) is 0 Å². The SMILES string of the molecule is CCCCCc1ccc(OS(=O)(=O)c2ccc(C)cc2)cc1. The zero-order valence-corrected chi connectivity index (χ0v) is 13.9. The van der Waals surface area contributed by atoms with Crippen molar-refractivity contribution in [3.8, 4) is 5.75 Å². The predicted octanol–water partition coefficient (Wildman–Crippen LogP) is 4.50. The van der Waals surface area contributed by atoms with Crippen LogP contribution < -0.4 is 4.18 Å². The van der Waals surface area contributed by atoms with Gasteiger partial charge in [0, 0.05) is 0 Å². The van der Waals surface area contributed by atoms with Crippen LogP contribution in [0.4, 0.5) is 0 Å². The van der Waals surface area contributed by atoms with Crippen molar-refractivity contribution in [3.63, 3.8) is 0 Å². The molecule has 0 heterocycles. The van der Waals surface area contributed by atoms with Crippen LogP contribution in [0.15, 0.2) is 53.4 Å². The van der Waals surface area contributed by atoms with Gasteiger partial charge in [-0.3, -0.25) is 0 Å². The largest absolute Gasteiger partial charge is 0.379 e. The highest BCUT2D eigenvalue weighted by Crippen LogP contribution is 2.20. The Labute approximate surface area is 133 Å². The maximum Gasteiger partial charge on any atom is 0.339 e. The highest BCUT2D eigenvalue weighted by atomic mass is 32.2. The van der Waals surface area contributed by atoms with Crippen LogP contribution >= 0.6 is 0 Å². The molecule has 0 aliphatic heterocycles. The lowest BCUT2D eigenvalue weighted by atomic mass is 10.1. The highest BCUT2D eigenvalue weighted by molar-refractivity contribution is 7.87. The number of hydrogen-bond donors (Lipinski definition) is 0. The maximum absolute atomic E-state index is 12.2. The van der Waals surface area contributed by atoms with Crippen LogP contribution in [0.5, 0.6) is 5.75 Å². The summed E-state index contributed by atoms with van der Waals surface area (Å²) in [6.07, 6.45) is 4.56. The Bertz CT molecular complexity index is 686. The number of rotatable bonds is 7. The molecule has 3 nitrogen and oxygen atoms in total. The minimum absolute atomic E-state index is 0.171. The molecule has 22 heavy (non-hydrogen) atoms. The van der Waals surface area contributed by atoms with E-state index < -0.39 is 10.1 Å². The summed E-state index contributed by atoms with van der Waals surface area (Å²) >= 11 is 0. The zero-order valence-electron chi connectivity index (χ0n) is 13.1. The van der Waals surface area contributed by atoms with E-state index in [1.165, 1.54) is 18.4 Å². The summed E-state index contributed by atoms with van der Waals surface area (Å²) in [4.78, 5) is 0.171. The van der Waals surface area contributed by atoms with Gasteiger partial charge < -0.3 is 4.18 Å². The Balaban J connectivity index is 2.05. The zero-order chi connectivity index (χ0) is 16.0. The van der Waals surface area contributed by atoms with E-state index in [0.717, 1.165) is 18.4 Å². The molecule has 0 N–H and O–H groups in total. The smallest absolute Gasteiger partial charge is 0.339 e. The topological polar surface area (TPSA) is 43.4 Å². The third-order valence-electron chi connectivity index (χ3n) is 3.51. The van der Waals surface area contributed by atoms with Crippen LogP contribution in [0.3, 0.4) is 0 Å². The third kappa shape index (κ3) is 4.60. The lowest BCUT2D eigenvalue weighted by Gasteiger charge is -2.08. The van der Waals surface area contributed by atoms with Crippen LogP contribution in [0, 0.1) is 6.92 Å². The first-order valence-electron chi connectivity index (χ1n) is 7.61. The summed E-state index contributed by atoms with van der Waals surface area (Å²) in [5.74, 6) is 0.347. The molecule has 2 aromatic carbocycles. The van der Waals surface area contributed by atoms with Gasteiger partial charge in [-0.05, 0) is 49.6 Å². The molecule has 0 bridgehead atoms. The summed E-state index contributed by atoms with van der Waals surface area (Å²) in [5, 5.41) is 0. The van der Waals surface area contributed by atoms with Crippen molar-refractivity contribution in [1.29, 1.82) is 0 Å². The van der Waals surface area contributed by atoms with Gasteiger partial charge in [0.1, 0.15) is 10.6 Å². The number of aryl methyl sites for hydroxylation is 2. The first-order valence-corrected chi connectivity index (χ1v) is 9.02. The average molecular weight is 318 g/mol. The molecule has 0 atom stereocenters. The molecule has 0 spiro atoms. The van der Waals surface area contributed by atoms with Gasteiger partial charge in [-0.1, -0.05) is 49.6 Å². The molecule has 0 aliphatic carbocycles. The molecule has 0 unspecified atom stereocenters. The molecule has 0 saturated carbocycles. The Morgan fingerprint density at radius 1 is 0.909 bits per heavy atom. The number of benzene rings is 2. The molecule has 4 heteroatoms. The van der Waals surface area contributed by atoms with E-state index in [1.807, 2.05) is 19.1 Å². The Morgan fingerprint density at radius 3 is 2.14 bits per heavy atom. The van der Waals surface area contributed by atoms with E-state index in [0.29, 0.717) is 5.75 Å². The van der Waals surface area contributed by atoms with Gasteiger partial charge in [0.2, 0.25) is 0 Å². The van der Waals surface area contributed by atoms with Gasteiger partial charge in [0.25, 0.3) is 0 Å². The van der Waals surface area contributed by atoms with Crippen LogP contribution in [0.25, 0.3) is 0 Å². The van der Waals surface area contributed by atoms with Gasteiger partial charge >= 0.3 is 10.1 Å². The van der Waals surface area contributed by atoms with E-state index in [4.69, 9.17) is 4.18 Å². The van der Waals surface area contributed by atoms with Crippen molar-refractivity contribution in [2.45, 2.75) is 44.4 Å². The fourth-order valence-corrected chi connectivity index (χ4v) is 3.10. The summed E-state index contributed by atoms with van der Waals surface area (Å²) in [6.45, 7) is 4.08. The van der Waals surface area contributed by atoms with E-state index in [-0.39, 0.29) is 4.90 Å². The standard InChI is InChI=1S/C18H22O3S/c1-3-4-5-6-16-9-11-17(12-10-16)21-22(19,20)18-13-7-15(2)8-14-18/h7-14H,3-6H2,1-2H3. The molecule has 0 aromatic heterocycles. The lowest BCUT2D eigenvalue weighted by molar-refractivity contribution is 0.486. The predicted molar refractivity (Wildman–Crippen MR) is 88.7 cm³/mol. The minimum atomic E-state index is -3.76. The number of unbranched alkanes of at least 4 members (excludes halogenated alkanes) is 2. The molecule has 2 aromatic rings. The Morgan fingerprint density at radius 2 is 1.55 bits per heavy atom. The first kappa shape index (κ1) is 16.6. The van der Waals surface area contributed by atoms with E-state index in [2.05, 4.69) is 6.92 Å². The minimum Gasteiger partial charge on any atom is -0.379 e. The van der Waals surface area contributed by atoms with Crippen molar-refractivity contribution in [1.82, 2.24) is 0 Å². The van der Waals surface area contributed by atoms with E-state index >= 15 is 0 Å². The summed E-state index contributed by atoms with van der Waals surface area (Å²) in [6, 6.07) is 13.9. The molecular formula is C18H22O3S. The third-order valence-corrected chi connectivity index (χ3v) is 4.77. The fourth-order valence-electron chi connectivity index (χ4n) is 2.17. The van der Waals surface area contributed by atoms with Crippen molar-refractivity contribution in [2.75, 3.05) is 0 Å². The van der Waals surface area contributed by atoms with Gasteiger partial charge in [0.15, 0.2) is 0 Å². The van der Waals surface area contributed by atoms with E-state index in [9.17, 15) is 8.42 Å². The molecule has 0 aliphatic rings. The van der Waals surface area contributed by atoms with Crippen molar-refractivity contribution in [3.05, 3.63) is 59.7 Å². The monoisotopic (exact) mass is 318 g/mol. The first-order chi connectivity index (χ1) is 10.5. The number of hydrogen-bond acceptors (Lipinski definition) is 3. The summed E-state index contributed by atoms with van der Waals surface area (Å²) in [7, 11) is -3.76. The fraction of sp³-hybridized carbons (Fsp3) is 0.333. The quantitative estimate of drug-likeness (QED) is 0.558. The van der Waals surface area contributed by atoms with Crippen LogP contribution in [-0.2, 0) is 16.5 Å². The molecule has 0 fully saturated rings. The molecular weight excluding hydrogens is 296 g/mol.